The fourth-order valence-corrected chi connectivity index (χ4v) is 1.35. The minimum Gasteiger partial charge on any atom is -0.397 e. The molecule has 0 saturated carbocycles. The van der Waals surface area contributed by atoms with Gasteiger partial charge < -0.3 is 11.5 Å². The van der Waals surface area contributed by atoms with Crippen LogP contribution in [0.15, 0.2) is 48.6 Å². The van der Waals surface area contributed by atoms with Crippen molar-refractivity contribution in [1.29, 1.82) is 0 Å². The Morgan fingerprint density at radius 1 is 1.19 bits per heavy atom. The lowest BCUT2D eigenvalue weighted by atomic mass is 10.0. The molecular weight excluding hydrogens is 196 g/mol. The van der Waals surface area contributed by atoms with E-state index in [-0.39, 0.29) is 0 Å². The quantitative estimate of drug-likeness (QED) is 0.598. The van der Waals surface area contributed by atoms with E-state index in [2.05, 4.69) is 6.58 Å². The monoisotopic (exact) mass is 214 g/mol. The summed E-state index contributed by atoms with van der Waals surface area (Å²) >= 11 is 0. The summed E-state index contributed by atoms with van der Waals surface area (Å²) in [6.07, 6.45) is 6.03. The summed E-state index contributed by atoms with van der Waals surface area (Å²) in [6, 6.07) is 5.67. The van der Waals surface area contributed by atoms with Gasteiger partial charge in [-0.05, 0) is 37.1 Å². The fraction of sp³-hybridized carbons (Fsp3) is 0.143. The van der Waals surface area contributed by atoms with Crippen molar-refractivity contribution in [2.45, 2.75) is 13.8 Å². The van der Waals surface area contributed by atoms with Gasteiger partial charge in [-0.2, -0.15) is 0 Å². The number of nitrogens with two attached hydrogens (primary N) is 2. The minimum atomic E-state index is 0.612. The maximum atomic E-state index is 5.78. The molecule has 2 nitrogen and oxygen atoms in total. The van der Waals surface area contributed by atoms with Gasteiger partial charge in [-0.3, -0.25) is 0 Å². The van der Waals surface area contributed by atoms with Crippen LogP contribution >= 0.6 is 0 Å². The van der Waals surface area contributed by atoms with Gasteiger partial charge in [0.15, 0.2) is 0 Å². The third-order valence-corrected chi connectivity index (χ3v) is 2.28. The molecule has 0 aliphatic heterocycles. The third-order valence-electron chi connectivity index (χ3n) is 2.28. The molecule has 0 amide bonds. The molecule has 1 aromatic carbocycles. The lowest BCUT2D eigenvalue weighted by Gasteiger charge is -2.05. The highest BCUT2D eigenvalue weighted by Crippen LogP contribution is 2.23. The molecule has 0 fully saturated rings. The van der Waals surface area contributed by atoms with Crippen molar-refractivity contribution in [2.75, 3.05) is 11.5 Å². The van der Waals surface area contributed by atoms with Crippen molar-refractivity contribution in [3.05, 3.63) is 54.1 Å². The molecule has 0 spiro atoms. The number of anilines is 2. The first-order valence-electron chi connectivity index (χ1n) is 5.20. The predicted molar refractivity (Wildman–Crippen MR) is 72.9 cm³/mol. The SMILES string of the molecule is C=C(C)/C=C\C(=C/C)c1ccc(N)c(N)c1. The Morgan fingerprint density at radius 2 is 1.88 bits per heavy atom. The van der Waals surface area contributed by atoms with E-state index in [1.54, 1.807) is 0 Å². The summed E-state index contributed by atoms with van der Waals surface area (Å²) in [6.45, 7) is 7.78. The Morgan fingerprint density at radius 3 is 2.38 bits per heavy atom. The van der Waals surface area contributed by atoms with Gasteiger partial charge in [-0.25, -0.2) is 0 Å². The molecule has 16 heavy (non-hydrogen) atoms. The van der Waals surface area contributed by atoms with Crippen molar-refractivity contribution < 1.29 is 0 Å². The van der Waals surface area contributed by atoms with E-state index >= 15 is 0 Å². The second-order valence-corrected chi connectivity index (χ2v) is 3.77. The summed E-state index contributed by atoms with van der Waals surface area (Å²) in [5, 5.41) is 0. The highest BCUT2D eigenvalue weighted by Gasteiger charge is 2.00. The summed E-state index contributed by atoms with van der Waals surface area (Å²) in [7, 11) is 0. The molecule has 0 aromatic heterocycles. The molecule has 4 N–H and O–H groups in total. The van der Waals surface area contributed by atoms with Gasteiger partial charge in [0.25, 0.3) is 0 Å². The maximum absolute atomic E-state index is 5.78. The van der Waals surface area contributed by atoms with Crippen molar-refractivity contribution in [3.8, 4) is 0 Å². The van der Waals surface area contributed by atoms with Gasteiger partial charge in [0.2, 0.25) is 0 Å². The summed E-state index contributed by atoms with van der Waals surface area (Å²) in [5.41, 5.74) is 15.9. The largest absolute Gasteiger partial charge is 0.397 e. The topological polar surface area (TPSA) is 52.0 Å². The number of hydrogen-bond acceptors (Lipinski definition) is 2. The van der Waals surface area contributed by atoms with Gasteiger partial charge in [0.05, 0.1) is 11.4 Å². The van der Waals surface area contributed by atoms with Crippen LogP contribution in [0, 0.1) is 0 Å². The lowest BCUT2D eigenvalue weighted by Crippen LogP contribution is -1.95. The van der Waals surface area contributed by atoms with Crippen LogP contribution in [0.1, 0.15) is 19.4 Å². The van der Waals surface area contributed by atoms with E-state index in [0.29, 0.717) is 11.4 Å². The lowest BCUT2D eigenvalue weighted by molar-refractivity contribution is 1.54. The zero-order valence-corrected chi connectivity index (χ0v) is 9.83. The highest BCUT2D eigenvalue weighted by atomic mass is 14.7. The van der Waals surface area contributed by atoms with E-state index < -0.39 is 0 Å². The zero-order valence-electron chi connectivity index (χ0n) is 9.83. The Labute approximate surface area is 97.0 Å². The predicted octanol–water partition coefficient (Wildman–Crippen LogP) is 3.39. The normalized spacial score (nSPS) is 12.0. The Kier molecular flexibility index (Phi) is 3.95. The molecule has 84 valence electrons. The summed E-state index contributed by atoms with van der Waals surface area (Å²) < 4.78 is 0. The van der Waals surface area contributed by atoms with Crippen LogP contribution in [0.2, 0.25) is 0 Å². The Hall–Kier alpha value is -1.96. The van der Waals surface area contributed by atoms with Crippen molar-refractivity contribution in [3.63, 3.8) is 0 Å². The molecule has 1 aromatic rings. The molecule has 0 radical (unpaired) electrons. The first-order chi connectivity index (χ1) is 7.54. The molecule has 0 atom stereocenters. The maximum Gasteiger partial charge on any atom is 0.0554 e. The molecule has 2 heteroatoms. The zero-order chi connectivity index (χ0) is 12.1. The number of rotatable bonds is 3. The molecule has 0 bridgehead atoms. The number of nitrogen functional groups attached to an aromatic ring is 2. The fourth-order valence-electron chi connectivity index (χ4n) is 1.35. The van der Waals surface area contributed by atoms with E-state index in [9.17, 15) is 0 Å². The number of allylic oxidation sites excluding steroid dienone is 5. The molecule has 0 aliphatic carbocycles. The number of benzene rings is 1. The van der Waals surface area contributed by atoms with Crippen LogP contribution < -0.4 is 11.5 Å². The molecule has 0 heterocycles. The highest BCUT2D eigenvalue weighted by molar-refractivity contribution is 5.79. The molecule has 1 rings (SSSR count). The molecular formula is C14H18N2. The second kappa shape index (κ2) is 5.21. The average molecular weight is 214 g/mol. The van der Waals surface area contributed by atoms with E-state index in [4.69, 9.17) is 11.5 Å². The van der Waals surface area contributed by atoms with Crippen LogP contribution in [0.4, 0.5) is 11.4 Å². The van der Waals surface area contributed by atoms with Crippen LogP contribution in [-0.2, 0) is 0 Å². The molecule has 0 saturated heterocycles. The molecule has 0 aliphatic rings. The number of hydrogen-bond donors (Lipinski definition) is 2. The van der Waals surface area contributed by atoms with E-state index in [0.717, 1.165) is 16.7 Å². The smallest absolute Gasteiger partial charge is 0.0554 e. The first kappa shape index (κ1) is 12.1. The van der Waals surface area contributed by atoms with Crippen molar-refractivity contribution in [1.82, 2.24) is 0 Å². The van der Waals surface area contributed by atoms with Gasteiger partial charge in [0.1, 0.15) is 0 Å². The van der Waals surface area contributed by atoms with Crippen molar-refractivity contribution in [2.24, 2.45) is 0 Å². The summed E-state index contributed by atoms with van der Waals surface area (Å²) in [5.74, 6) is 0. The summed E-state index contributed by atoms with van der Waals surface area (Å²) in [4.78, 5) is 0. The van der Waals surface area contributed by atoms with Crippen LogP contribution in [0.25, 0.3) is 5.57 Å². The van der Waals surface area contributed by atoms with Gasteiger partial charge in [-0.1, -0.05) is 36.4 Å². The average Bonchev–Trinajstić information content (AvgIpc) is 2.23. The Balaban J connectivity index is 3.06. The van der Waals surface area contributed by atoms with Gasteiger partial charge in [0, 0.05) is 0 Å². The van der Waals surface area contributed by atoms with Gasteiger partial charge >= 0.3 is 0 Å². The molecule has 0 unspecified atom stereocenters. The van der Waals surface area contributed by atoms with E-state index in [1.165, 1.54) is 0 Å². The van der Waals surface area contributed by atoms with E-state index in [1.807, 2.05) is 50.3 Å². The standard InChI is InChI=1S/C14H18N2/c1-4-11(6-5-10(2)3)12-7-8-13(15)14(16)9-12/h4-9H,2,15-16H2,1,3H3/b6-5-,11-4+. The minimum absolute atomic E-state index is 0.612. The van der Waals surface area contributed by atoms with Crippen LogP contribution in [-0.4, -0.2) is 0 Å². The first-order valence-corrected chi connectivity index (χ1v) is 5.20. The Bertz CT molecular complexity index is 454. The third kappa shape index (κ3) is 3.02. The van der Waals surface area contributed by atoms with Gasteiger partial charge in [-0.15, -0.1) is 0 Å². The second-order valence-electron chi connectivity index (χ2n) is 3.77. The van der Waals surface area contributed by atoms with Crippen LogP contribution in [0.3, 0.4) is 0 Å². The van der Waals surface area contributed by atoms with Crippen molar-refractivity contribution >= 4 is 16.9 Å². The van der Waals surface area contributed by atoms with Crippen LogP contribution in [0.5, 0.6) is 0 Å².